The van der Waals surface area contributed by atoms with Gasteiger partial charge in [0.1, 0.15) is 4.88 Å². The van der Waals surface area contributed by atoms with E-state index in [2.05, 4.69) is 26.9 Å². The van der Waals surface area contributed by atoms with Gasteiger partial charge in [-0.05, 0) is 36.2 Å². The lowest BCUT2D eigenvalue weighted by Gasteiger charge is -2.01. The molecular weight excluding hydrogens is 286 g/mol. The van der Waals surface area contributed by atoms with Crippen molar-refractivity contribution in [2.24, 2.45) is 0 Å². The number of amides is 1. The predicted octanol–water partition coefficient (Wildman–Crippen LogP) is 2.07. The molecule has 6 nitrogen and oxygen atoms in total. The van der Waals surface area contributed by atoms with Crippen molar-refractivity contribution in [1.82, 2.24) is 24.5 Å². The molecule has 0 fully saturated rings. The monoisotopic (exact) mass is 301 g/mol. The first-order chi connectivity index (χ1) is 10.3. The summed E-state index contributed by atoms with van der Waals surface area (Å²) in [6.07, 6.45) is 3.60. The lowest BCUT2D eigenvalue weighted by atomic mass is 10.2. The van der Waals surface area contributed by atoms with E-state index in [1.165, 1.54) is 0 Å². The van der Waals surface area contributed by atoms with Crippen molar-refractivity contribution in [3.8, 4) is 0 Å². The molecule has 7 heteroatoms. The number of pyridine rings is 1. The van der Waals surface area contributed by atoms with Gasteiger partial charge in [-0.15, -0.1) is 5.10 Å². The molecule has 1 N–H and O–H groups in total. The molecule has 0 atom stereocenters. The lowest BCUT2D eigenvalue weighted by Crippen LogP contribution is -2.23. The van der Waals surface area contributed by atoms with Gasteiger partial charge in [0, 0.05) is 6.20 Å². The summed E-state index contributed by atoms with van der Waals surface area (Å²) in [6.45, 7) is 2.45. The van der Waals surface area contributed by atoms with E-state index in [1.807, 2.05) is 30.5 Å². The highest BCUT2D eigenvalue weighted by Gasteiger charge is 2.15. The minimum atomic E-state index is -0.134. The third-order valence-electron chi connectivity index (χ3n) is 3.10. The topological polar surface area (TPSA) is 72.2 Å². The van der Waals surface area contributed by atoms with Gasteiger partial charge in [0.05, 0.1) is 23.4 Å². The summed E-state index contributed by atoms with van der Waals surface area (Å²) < 4.78 is 5.65. The molecule has 0 saturated carbocycles. The van der Waals surface area contributed by atoms with E-state index in [4.69, 9.17) is 0 Å². The van der Waals surface area contributed by atoms with Crippen LogP contribution in [-0.2, 0) is 13.0 Å². The number of carbonyl (C=O) groups excluding carboxylic acids is 1. The Labute approximate surface area is 126 Å². The van der Waals surface area contributed by atoms with E-state index >= 15 is 0 Å². The summed E-state index contributed by atoms with van der Waals surface area (Å²) in [4.78, 5) is 12.8. The third kappa shape index (κ3) is 2.92. The Morgan fingerprint density at radius 2 is 2.33 bits per heavy atom. The number of aromatic nitrogens is 4. The van der Waals surface area contributed by atoms with Crippen molar-refractivity contribution < 1.29 is 4.79 Å². The van der Waals surface area contributed by atoms with E-state index in [-0.39, 0.29) is 5.91 Å². The van der Waals surface area contributed by atoms with Gasteiger partial charge in [-0.2, -0.15) is 5.10 Å². The Kier molecular flexibility index (Phi) is 3.92. The minimum Gasteiger partial charge on any atom is -0.346 e. The van der Waals surface area contributed by atoms with Crippen LogP contribution in [0.15, 0.2) is 30.5 Å². The molecule has 3 aromatic heterocycles. The normalized spacial score (nSPS) is 10.9. The number of hydrogen-bond acceptors (Lipinski definition) is 5. The highest BCUT2D eigenvalue weighted by atomic mass is 32.1. The first-order valence-corrected chi connectivity index (χ1v) is 7.58. The molecule has 3 rings (SSSR count). The van der Waals surface area contributed by atoms with Gasteiger partial charge < -0.3 is 5.32 Å². The Bertz CT molecular complexity index is 730. The number of hydrogen-bond donors (Lipinski definition) is 1. The second-order valence-corrected chi connectivity index (χ2v) is 5.44. The van der Waals surface area contributed by atoms with Gasteiger partial charge in [-0.3, -0.25) is 4.79 Å². The lowest BCUT2D eigenvalue weighted by molar-refractivity contribution is 0.0953. The third-order valence-corrected chi connectivity index (χ3v) is 3.87. The van der Waals surface area contributed by atoms with Gasteiger partial charge in [0.2, 0.25) is 0 Å². The summed E-state index contributed by atoms with van der Waals surface area (Å²) in [5, 5.41) is 11.3. The summed E-state index contributed by atoms with van der Waals surface area (Å²) >= 11 is 1.14. The van der Waals surface area contributed by atoms with Crippen LogP contribution in [0.2, 0.25) is 0 Å². The van der Waals surface area contributed by atoms with Crippen molar-refractivity contribution in [2.75, 3.05) is 0 Å². The van der Waals surface area contributed by atoms with Crippen LogP contribution in [0, 0.1) is 0 Å². The maximum Gasteiger partial charge on any atom is 0.265 e. The molecule has 0 radical (unpaired) electrons. The zero-order valence-electron chi connectivity index (χ0n) is 11.6. The first-order valence-electron chi connectivity index (χ1n) is 6.80. The van der Waals surface area contributed by atoms with E-state index in [1.54, 1.807) is 4.52 Å². The van der Waals surface area contributed by atoms with Gasteiger partial charge in [-0.1, -0.05) is 23.9 Å². The molecular formula is C14H15N5OS. The molecule has 0 aliphatic rings. The Morgan fingerprint density at radius 1 is 1.43 bits per heavy atom. The maximum absolute atomic E-state index is 12.2. The zero-order valence-corrected chi connectivity index (χ0v) is 12.4. The molecule has 3 aromatic rings. The smallest absolute Gasteiger partial charge is 0.265 e. The van der Waals surface area contributed by atoms with Crippen LogP contribution in [0.4, 0.5) is 0 Å². The fourth-order valence-corrected chi connectivity index (χ4v) is 2.73. The van der Waals surface area contributed by atoms with Crippen LogP contribution in [0.5, 0.6) is 0 Å². The highest BCUT2D eigenvalue weighted by molar-refractivity contribution is 7.08. The molecule has 0 unspecified atom stereocenters. The van der Waals surface area contributed by atoms with Crippen molar-refractivity contribution in [3.63, 3.8) is 0 Å². The average molecular weight is 301 g/mol. The highest BCUT2D eigenvalue weighted by Crippen LogP contribution is 2.13. The summed E-state index contributed by atoms with van der Waals surface area (Å²) in [5.41, 5.74) is 2.60. The molecule has 0 aromatic carbocycles. The summed E-state index contributed by atoms with van der Waals surface area (Å²) in [6, 6.07) is 7.81. The Balaban J connectivity index is 1.69. The summed E-state index contributed by atoms with van der Waals surface area (Å²) in [7, 11) is 0. The standard InChI is InChI=1S/C14H15N5OS/c1-2-5-12-13(21-18-16-12)14(20)15-9-10-8-11-6-3-4-7-19(11)17-10/h3-4,6-8H,2,5,9H2,1H3,(H,15,20). The quantitative estimate of drug-likeness (QED) is 0.783. The zero-order chi connectivity index (χ0) is 14.7. The number of carbonyl (C=O) groups is 1. The van der Waals surface area contributed by atoms with Crippen LogP contribution in [0.1, 0.15) is 34.4 Å². The number of nitrogens with one attached hydrogen (secondary N) is 1. The Morgan fingerprint density at radius 3 is 3.14 bits per heavy atom. The van der Waals surface area contributed by atoms with Crippen LogP contribution >= 0.6 is 11.5 Å². The molecule has 0 bridgehead atoms. The van der Waals surface area contributed by atoms with Crippen LogP contribution in [0.25, 0.3) is 5.52 Å². The van der Waals surface area contributed by atoms with Gasteiger partial charge >= 0.3 is 0 Å². The number of rotatable bonds is 5. The SMILES string of the molecule is CCCc1nnsc1C(=O)NCc1cc2ccccn2n1. The van der Waals surface area contributed by atoms with Gasteiger partial charge in [0.25, 0.3) is 5.91 Å². The molecule has 21 heavy (non-hydrogen) atoms. The average Bonchev–Trinajstić information content (AvgIpc) is 3.11. The predicted molar refractivity (Wildman–Crippen MR) is 80.3 cm³/mol. The van der Waals surface area contributed by atoms with Crippen molar-refractivity contribution >= 4 is 23.0 Å². The van der Waals surface area contributed by atoms with Crippen molar-refractivity contribution in [3.05, 3.63) is 46.7 Å². The molecule has 1 amide bonds. The van der Waals surface area contributed by atoms with Crippen LogP contribution < -0.4 is 5.32 Å². The van der Waals surface area contributed by atoms with E-state index in [9.17, 15) is 4.79 Å². The first kappa shape index (κ1) is 13.7. The molecule has 0 aliphatic heterocycles. The fourth-order valence-electron chi connectivity index (χ4n) is 2.11. The maximum atomic E-state index is 12.2. The molecule has 108 valence electrons. The minimum absolute atomic E-state index is 0.134. The van der Waals surface area contributed by atoms with E-state index < -0.39 is 0 Å². The molecule has 0 spiro atoms. The Hall–Kier alpha value is -2.28. The number of fused-ring (bicyclic) bond motifs is 1. The second-order valence-electron chi connectivity index (χ2n) is 4.69. The second kappa shape index (κ2) is 6.01. The molecule has 0 aliphatic carbocycles. The van der Waals surface area contributed by atoms with Crippen LogP contribution in [-0.4, -0.2) is 25.1 Å². The van der Waals surface area contributed by atoms with Gasteiger partial charge in [0.15, 0.2) is 0 Å². The fraction of sp³-hybridized carbons (Fsp3) is 0.286. The van der Waals surface area contributed by atoms with E-state index in [0.717, 1.165) is 41.3 Å². The summed E-state index contributed by atoms with van der Waals surface area (Å²) in [5.74, 6) is -0.134. The number of nitrogens with zero attached hydrogens (tertiary/aromatic N) is 4. The van der Waals surface area contributed by atoms with Crippen molar-refractivity contribution in [2.45, 2.75) is 26.3 Å². The number of aryl methyl sites for hydroxylation is 1. The van der Waals surface area contributed by atoms with E-state index in [0.29, 0.717) is 11.4 Å². The largest absolute Gasteiger partial charge is 0.346 e. The van der Waals surface area contributed by atoms with Crippen LogP contribution in [0.3, 0.4) is 0 Å². The van der Waals surface area contributed by atoms with Crippen molar-refractivity contribution in [1.29, 1.82) is 0 Å². The molecule has 0 saturated heterocycles. The van der Waals surface area contributed by atoms with Gasteiger partial charge in [-0.25, -0.2) is 4.52 Å². The molecule has 3 heterocycles.